The lowest BCUT2D eigenvalue weighted by atomic mass is 9.96. The van der Waals surface area contributed by atoms with Gasteiger partial charge >= 0.3 is 0 Å². The fourth-order valence-corrected chi connectivity index (χ4v) is 4.91. The molecule has 0 saturated carbocycles. The maximum atomic E-state index is 12.0. The number of non-ortho nitro benzene ring substituents is 2. The van der Waals surface area contributed by atoms with E-state index in [0.29, 0.717) is 17.9 Å². The Morgan fingerprint density at radius 2 is 1.37 bits per heavy atom. The third kappa shape index (κ3) is 6.21. The minimum absolute atomic E-state index is 0.00676. The highest BCUT2D eigenvalue weighted by Gasteiger charge is 2.37. The number of carboxylic acids is 1. The van der Waals surface area contributed by atoms with E-state index < -0.39 is 43.4 Å². The summed E-state index contributed by atoms with van der Waals surface area (Å²) in [4.78, 5) is 44.7. The molecule has 3 aromatic carbocycles. The highest BCUT2D eigenvalue weighted by Crippen LogP contribution is 2.53. The summed E-state index contributed by atoms with van der Waals surface area (Å²) >= 11 is 0. The van der Waals surface area contributed by atoms with Crippen LogP contribution in [0, 0.1) is 30.3 Å². The first-order valence-electron chi connectivity index (χ1n) is 13.1. The van der Waals surface area contributed by atoms with Gasteiger partial charge in [-0.2, -0.15) is 0 Å². The van der Waals surface area contributed by atoms with Gasteiger partial charge in [0.25, 0.3) is 17.1 Å². The predicted molar refractivity (Wildman–Crippen MR) is 148 cm³/mol. The van der Waals surface area contributed by atoms with E-state index in [2.05, 4.69) is 6.92 Å². The first kappa shape index (κ1) is 28.9. The monoisotopic (exact) mass is 560 g/mol. The number of nitro benzene ring substituents is 3. The van der Waals surface area contributed by atoms with E-state index >= 15 is 0 Å². The van der Waals surface area contributed by atoms with Crippen LogP contribution >= 0.6 is 0 Å². The first-order chi connectivity index (χ1) is 19.6. The highest BCUT2D eigenvalue weighted by atomic mass is 16.6. The van der Waals surface area contributed by atoms with Crippen molar-refractivity contribution in [2.24, 2.45) is 0 Å². The van der Waals surface area contributed by atoms with Gasteiger partial charge in [0.05, 0.1) is 39.0 Å². The summed E-state index contributed by atoms with van der Waals surface area (Å²) in [6, 6.07) is 10.5. The van der Waals surface area contributed by atoms with Crippen molar-refractivity contribution in [2.45, 2.75) is 45.4 Å². The van der Waals surface area contributed by atoms with Crippen molar-refractivity contribution >= 4 is 34.7 Å². The molecule has 41 heavy (non-hydrogen) atoms. The lowest BCUT2D eigenvalue weighted by molar-refractivity contribution is -0.393. The Morgan fingerprint density at radius 3 is 1.95 bits per heavy atom. The van der Waals surface area contributed by atoms with Crippen molar-refractivity contribution in [3.63, 3.8) is 0 Å². The number of carbonyl (C=O) groups excluding carboxylic acids is 1. The number of nitro groups is 3. The molecule has 3 aromatic rings. The third-order valence-electron chi connectivity index (χ3n) is 6.85. The van der Waals surface area contributed by atoms with Crippen LogP contribution in [0.3, 0.4) is 0 Å². The molecule has 0 amide bonds. The quantitative estimate of drug-likeness (QED) is 0.106. The average molecular weight is 561 g/mol. The third-order valence-corrected chi connectivity index (χ3v) is 6.85. The van der Waals surface area contributed by atoms with Crippen LogP contribution in [-0.4, -0.2) is 27.3 Å². The number of nitrogens with zero attached hydrogens (tertiary/aromatic N) is 3. The van der Waals surface area contributed by atoms with Crippen LogP contribution < -0.4 is 9.84 Å². The number of carboxylic acid groups (broad SMARTS) is 1. The van der Waals surface area contributed by atoms with Gasteiger partial charge in [-0.3, -0.25) is 30.3 Å². The molecule has 212 valence electrons. The number of hydrogen-bond acceptors (Lipinski definition) is 9. The van der Waals surface area contributed by atoms with Crippen LogP contribution in [0.5, 0.6) is 5.75 Å². The number of unbranched alkanes of at least 4 members (excludes halogenated alkanes) is 5. The van der Waals surface area contributed by atoms with E-state index in [9.17, 15) is 40.2 Å². The molecule has 0 N–H and O–H groups in total. The number of aromatic carboxylic acids is 1. The van der Waals surface area contributed by atoms with Crippen molar-refractivity contribution in [1.82, 2.24) is 0 Å². The number of fused-ring (bicyclic) bond motifs is 3. The van der Waals surface area contributed by atoms with E-state index in [4.69, 9.17) is 4.74 Å². The number of benzene rings is 3. The molecule has 0 bridgehead atoms. The maximum absolute atomic E-state index is 12.0. The summed E-state index contributed by atoms with van der Waals surface area (Å²) in [6.07, 6.45) is 8.28. The van der Waals surface area contributed by atoms with E-state index in [1.165, 1.54) is 19.3 Å². The highest BCUT2D eigenvalue weighted by molar-refractivity contribution is 6.14. The van der Waals surface area contributed by atoms with Gasteiger partial charge in [0.2, 0.25) is 0 Å². The summed E-state index contributed by atoms with van der Waals surface area (Å²) in [5.41, 5.74) is -2.10. The molecule has 0 radical (unpaired) electrons. The van der Waals surface area contributed by atoms with E-state index in [1.54, 1.807) is 30.3 Å². The van der Waals surface area contributed by atoms with Gasteiger partial charge in [0.15, 0.2) is 0 Å². The molecular weight excluding hydrogens is 534 g/mol. The van der Waals surface area contributed by atoms with Gasteiger partial charge < -0.3 is 14.6 Å². The molecule has 0 unspecified atom stereocenters. The Morgan fingerprint density at radius 1 is 0.780 bits per heavy atom. The summed E-state index contributed by atoms with van der Waals surface area (Å²) in [5, 5.41) is 47.2. The molecule has 0 saturated heterocycles. The van der Waals surface area contributed by atoms with E-state index in [1.807, 2.05) is 0 Å². The second kappa shape index (κ2) is 12.4. The first-order valence-corrected chi connectivity index (χ1v) is 13.1. The fourth-order valence-electron chi connectivity index (χ4n) is 4.91. The number of carbonyl (C=O) groups is 1. The summed E-state index contributed by atoms with van der Waals surface area (Å²) in [7, 11) is 0. The second-order valence-electron chi connectivity index (χ2n) is 9.61. The molecule has 0 fully saturated rings. The van der Waals surface area contributed by atoms with Crippen LogP contribution in [0.25, 0.3) is 22.8 Å². The largest absolute Gasteiger partial charge is 0.545 e. The van der Waals surface area contributed by atoms with Gasteiger partial charge in [-0.25, -0.2) is 0 Å². The molecule has 4 rings (SSSR count). The van der Waals surface area contributed by atoms with E-state index in [-0.39, 0.29) is 27.8 Å². The Labute approximate surface area is 234 Å². The normalized spacial score (nSPS) is 12.6. The number of rotatable bonds is 13. The van der Waals surface area contributed by atoms with Gasteiger partial charge in [-0.05, 0) is 41.3 Å². The Hall–Kier alpha value is -5.13. The van der Waals surface area contributed by atoms with Crippen molar-refractivity contribution in [3.8, 4) is 16.9 Å². The van der Waals surface area contributed by atoms with Gasteiger partial charge in [0.1, 0.15) is 5.75 Å². The van der Waals surface area contributed by atoms with Crippen LogP contribution in [0.2, 0.25) is 0 Å². The van der Waals surface area contributed by atoms with Gasteiger partial charge in [-0.1, -0.05) is 51.2 Å². The maximum Gasteiger partial charge on any atom is 0.284 e. The van der Waals surface area contributed by atoms with Crippen LogP contribution in [0.1, 0.15) is 72.5 Å². The molecule has 0 heterocycles. The van der Waals surface area contributed by atoms with Crippen molar-refractivity contribution in [1.29, 1.82) is 0 Å². The SMILES string of the molecule is CCCCCCCCOc1ccc(/C=C2\c3cc([N+](=O)[O-])cc(C(=O)[O-])c3-c3c2cc([N+](=O)[O-])cc3[N+](=O)[O-])cc1. The number of hydrogen-bond donors (Lipinski definition) is 0. The van der Waals surface area contributed by atoms with Crippen LogP contribution in [0.15, 0.2) is 48.5 Å². The molecule has 0 aromatic heterocycles. The molecule has 1 aliphatic rings. The van der Waals surface area contributed by atoms with Crippen molar-refractivity contribution < 1.29 is 29.4 Å². The average Bonchev–Trinajstić information content (AvgIpc) is 3.25. The zero-order valence-corrected chi connectivity index (χ0v) is 22.2. The lowest BCUT2D eigenvalue weighted by Crippen LogP contribution is -2.23. The van der Waals surface area contributed by atoms with Crippen molar-refractivity contribution in [3.05, 3.63) is 101 Å². The van der Waals surface area contributed by atoms with Crippen LogP contribution in [-0.2, 0) is 0 Å². The zero-order chi connectivity index (χ0) is 29.7. The Balaban J connectivity index is 1.77. The fraction of sp³-hybridized carbons (Fsp3) is 0.276. The molecule has 12 nitrogen and oxygen atoms in total. The molecule has 1 aliphatic carbocycles. The Kier molecular flexibility index (Phi) is 8.71. The second-order valence-corrected chi connectivity index (χ2v) is 9.61. The lowest BCUT2D eigenvalue weighted by Gasteiger charge is -2.11. The predicted octanol–water partition coefficient (Wildman–Crippen LogP) is 6.08. The van der Waals surface area contributed by atoms with Gasteiger partial charge in [-0.15, -0.1) is 0 Å². The molecule has 0 spiro atoms. The summed E-state index contributed by atoms with van der Waals surface area (Å²) in [5.74, 6) is -1.16. The molecular formula is C29H26N3O9-. The smallest absolute Gasteiger partial charge is 0.284 e. The van der Waals surface area contributed by atoms with E-state index in [0.717, 1.165) is 43.5 Å². The Bertz CT molecular complexity index is 1480. The summed E-state index contributed by atoms with van der Waals surface area (Å²) in [6.45, 7) is 2.71. The van der Waals surface area contributed by atoms with Crippen molar-refractivity contribution in [2.75, 3.05) is 6.61 Å². The standard InChI is InChI=1S/C29H27N3O9/c1-2-3-4-5-6-7-12-41-21-10-8-18(9-11-21)13-22-23-14-19(30(35)36)16-25(29(33)34)27(23)28-24(22)15-20(31(37)38)17-26(28)32(39)40/h8-11,13-17H,2-7,12H2,1H3,(H,33,34)/p-1/b22-13+. The van der Waals surface area contributed by atoms with Gasteiger partial charge in [0, 0.05) is 34.9 Å². The number of ether oxygens (including phenoxy) is 1. The molecule has 12 heteroatoms. The summed E-state index contributed by atoms with van der Waals surface area (Å²) < 4.78 is 5.80. The molecule has 0 atom stereocenters. The minimum atomic E-state index is -1.78. The molecule has 0 aliphatic heterocycles. The minimum Gasteiger partial charge on any atom is -0.545 e. The van der Waals surface area contributed by atoms with Crippen LogP contribution in [0.4, 0.5) is 17.1 Å². The zero-order valence-electron chi connectivity index (χ0n) is 22.2. The topological polar surface area (TPSA) is 179 Å².